The first-order valence-corrected chi connectivity index (χ1v) is 6.57. The van der Waals surface area contributed by atoms with Gasteiger partial charge in [-0.2, -0.15) is 0 Å². The summed E-state index contributed by atoms with van der Waals surface area (Å²) in [5.74, 6) is -0.335. The van der Waals surface area contributed by atoms with Gasteiger partial charge in [0.2, 0.25) is 5.15 Å². The minimum Gasteiger partial charge on any atom is -0.338 e. The van der Waals surface area contributed by atoms with E-state index >= 15 is 0 Å². The van der Waals surface area contributed by atoms with E-state index in [1.54, 1.807) is 4.90 Å². The maximum atomic E-state index is 12.4. The van der Waals surface area contributed by atoms with Gasteiger partial charge in [-0.15, -0.1) is 0 Å². The molecule has 2 heterocycles. The van der Waals surface area contributed by atoms with E-state index in [1.807, 2.05) is 0 Å². The third kappa shape index (κ3) is 3.01. The lowest BCUT2D eigenvalue weighted by Gasteiger charge is -2.20. The summed E-state index contributed by atoms with van der Waals surface area (Å²) in [4.78, 5) is 28.0. The fourth-order valence-corrected chi connectivity index (χ4v) is 2.45. The molecular formula is C12H14ClN3O3. The Morgan fingerprint density at radius 1 is 1.32 bits per heavy atom. The van der Waals surface area contributed by atoms with E-state index in [2.05, 4.69) is 4.98 Å². The number of pyridine rings is 1. The first-order chi connectivity index (χ1) is 9.11. The van der Waals surface area contributed by atoms with Crippen molar-refractivity contribution in [3.8, 4) is 0 Å². The molecule has 1 aliphatic heterocycles. The predicted octanol–water partition coefficient (Wildman–Crippen LogP) is 2.66. The SMILES string of the molecule is O=C(c1ccnc(Cl)c1[N+](=O)[O-])N1CCCCCC1. The summed E-state index contributed by atoms with van der Waals surface area (Å²) in [6.45, 7) is 1.27. The highest BCUT2D eigenvalue weighted by atomic mass is 35.5. The number of amides is 1. The molecule has 0 radical (unpaired) electrons. The molecule has 2 rings (SSSR count). The van der Waals surface area contributed by atoms with Gasteiger partial charge in [-0.05, 0) is 18.9 Å². The summed E-state index contributed by atoms with van der Waals surface area (Å²) < 4.78 is 0. The Morgan fingerprint density at radius 3 is 2.53 bits per heavy atom. The van der Waals surface area contributed by atoms with Crippen molar-refractivity contribution in [3.05, 3.63) is 33.1 Å². The van der Waals surface area contributed by atoms with Crippen molar-refractivity contribution in [1.29, 1.82) is 0 Å². The van der Waals surface area contributed by atoms with Crippen molar-refractivity contribution < 1.29 is 9.72 Å². The second kappa shape index (κ2) is 5.97. The molecule has 0 spiro atoms. The Hall–Kier alpha value is -1.69. The largest absolute Gasteiger partial charge is 0.338 e. The molecule has 0 bridgehead atoms. The highest BCUT2D eigenvalue weighted by Crippen LogP contribution is 2.27. The monoisotopic (exact) mass is 283 g/mol. The molecular weight excluding hydrogens is 270 g/mol. The van der Waals surface area contributed by atoms with Gasteiger partial charge in [0.15, 0.2) is 0 Å². The number of nitrogens with zero attached hydrogens (tertiary/aromatic N) is 3. The molecule has 6 nitrogen and oxygen atoms in total. The fourth-order valence-electron chi connectivity index (χ4n) is 2.22. The van der Waals surface area contributed by atoms with Crippen LogP contribution in [0.15, 0.2) is 12.3 Å². The fraction of sp³-hybridized carbons (Fsp3) is 0.500. The number of aromatic nitrogens is 1. The summed E-state index contributed by atoms with van der Waals surface area (Å²) in [5.41, 5.74) is -0.384. The van der Waals surface area contributed by atoms with Crippen LogP contribution in [0.4, 0.5) is 5.69 Å². The Kier molecular flexibility index (Phi) is 4.31. The molecule has 0 aliphatic carbocycles. The number of hydrogen-bond acceptors (Lipinski definition) is 4. The zero-order valence-electron chi connectivity index (χ0n) is 10.3. The predicted molar refractivity (Wildman–Crippen MR) is 70.3 cm³/mol. The van der Waals surface area contributed by atoms with E-state index in [0.29, 0.717) is 13.1 Å². The number of carbonyl (C=O) groups excluding carboxylic acids is 1. The zero-order valence-corrected chi connectivity index (χ0v) is 11.1. The van der Waals surface area contributed by atoms with E-state index in [-0.39, 0.29) is 16.6 Å². The van der Waals surface area contributed by atoms with Crippen molar-refractivity contribution in [2.75, 3.05) is 13.1 Å². The average Bonchev–Trinajstić information content (AvgIpc) is 2.66. The molecule has 0 unspecified atom stereocenters. The first-order valence-electron chi connectivity index (χ1n) is 6.19. The summed E-state index contributed by atoms with van der Waals surface area (Å²) >= 11 is 5.72. The van der Waals surface area contributed by atoms with Crippen LogP contribution in [0.3, 0.4) is 0 Å². The second-order valence-electron chi connectivity index (χ2n) is 4.46. The lowest BCUT2D eigenvalue weighted by Crippen LogP contribution is -2.32. The number of rotatable bonds is 2. The second-order valence-corrected chi connectivity index (χ2v) is 4.82. The van der Waals surface area contributed by atoms with Crippen molar-refractivity contribution in [2.24, 2.45) is 0 Å². The molecule has 102 valence electrons. The Bertz CT molecular complexity index is 499. The number of likely N-dealkylation sites (tertiary alicyclic amines) is 1. The van der Waals surface area contributed by atoms with E-state index in [0.717, 1.165) is 25.7 Å². The standard InChI is InChI=1S/C12H14ClN3O3/c13-11-10(16(18)19)9(5-6-14-11)12(17)15-7-3-1-2-4-8-15/h5-6H,1-4,7-8H2. The molecule has 0 N–H and O–H groups in total. The van der Waals surface area contributed by atoms with Gasteiger partial charge in [0.05, 0.1) is 4.92 Å². The molecule has 1 fully saturated rings. The molecule has 19 heavy (non-hydrogen) atoms. The molecule has 7 heteroatoms. The van der Waals surface area contributed by atoms with Crippen LogP contribution in [-0.2, 0) is 0 Å². The van der Waals surface area contributed by atoms with Gasteiger partial charge in [0.1, 0.15) is 5.56 Å². The summed E-state index contributed by atoms with van der Waals surface area (Å²) in [6.07, 6.45) is 5.35. The van der Waals surface area contributed by atoms with Crippen LogP contribution >= 0.6 is 11.6 Å². The average molecular weight is 284 g/mol. The molecule has 0 saturated carbocycles. The highest BCUT2D eigenvalue weighted by molar-refractivity contribution is 6.32. The quantitative estimate of drug-likeness (QED) is 0.475. The van der Waals surface area contributed by atoms with Crippen molar-refractivity contribution in [1.82, 2.24) is 9.88 Å². The Labute approximate surface area is 115 Å². The van der Waals surface area contributed by atoms with Crippen molar-refractivity contribution >= 4 is 23.2 Å². The van der Waals surface area contributed by atoms with Gasteiger partial charge in [-0.25, -0.2) is 4.98 Å². The van der Waals surface area contributed by atoms with Crippen molar-refractivity contribution in [3.63, 3.8) is 0 Å². The number of nitro groups is 1. The van der Waals surface area contributed by atoms with Gasteiger partial charge in [-0.3, -0.25) is 14.9 Å². The van der Waals surface area contributed by atoms with Gasteiger partial charge < -0.3 is 4.90 Å². The van der Waals surface area contributed by atoms with Crippen LogP contribution in [0.25, 0.3) is 0 Å². The van der Waals surface area contributed by atoms with Gasteiger partial charge >= 0.3 is 5.69 Å². The van der Waals surface area contributed by atoms with Crippen molar-refractivity contribution in [2.45, 2.75) is 25.7 Å². The molecule has 1 aromatic rings. The Balaban J connectivity index is 2.32. The number of halogens is 1. The smallest absolute Gasteiger partial charge is 0.319 e. The van der Waals surface area contributed by atoms with Gasteiger partial charge in [-0.1, -0.05) is 24.4 Å². The zero-order chi connectivity index (χ0) is 13.8. The van der Waals surface area contributed by atoms with Crippen LogP contribution in [-0.4, -0.2) is 33.8 Å². The van der Waals surface area contributed by atoms with Crippen LogP contribution in [0.2, 0.25) is 5.15 Å². The molecule has 0 aromatic carbocycles. The van der Waals surface area contributed by atoms with Crippen LogP contribution < -0.4 is 0 Å². The highest BCUT2D eigenvalue weighted by Gasteiger charge is 2.28. The Morgan fingerprint density at radius 2 is 1.95 bits per heavy atom. The molecule has 0 atom stereocenters. The van der Waals surface area contributed by atoms with Gasteiger partial charge in [0.25, 0.3) is 5.91 Å². The lowest BCUT2D eigenvalue weighted by molar-refractivity contribution is -0.385. The summed E-state index contributed by atoms with van der Waals surface area (Å²) in [6, 6.07) is 1.36. The third-order valence-corrected chi connectivity index (χ3v) is 3.46. The minimum absolute atomic E-state index is 0.0203. The number of hydrogen-bond donors (Lipinski definition) is 0. The third-order valence-electron chi connectivity index (χ3n) is 3.19. The van der Waals surface area contributed by atoms with E-state index in [9.17, 15) is 14.9 Å². The van der Waals surface area contributed by atoms with E-state index < -0.39 is 10.6 Å². The number of carbonyl (C=O) groups is 1. The molecule has 1 aliphatic rings. The maximum Gasteiger partial charge on any atom is 0.319 e. The molecule has 1 amide bonds. The lowest BCUT2D eigenvalue weighted by atomic mass is 10.2. The topological polar surface area (TPSA) is 76.3 Å². The van der Waals surface area contributed by atoms with Gasteiger partial charge in [0, 0.05) is 19.3 Å². The molecule has 1 aromatic heterocycles. The summed E-state index contributed by atoms with van der Waals surface area (Å²) in [7, 11) is 0. The van der Waals surface area contributed by atoms with Crippen LogP contribution in [0.5, 0.6) is 0 Å². The normalized spacial score (nSPS) is 15.9. The van der Waals surface area contributed by atoms with Crippen LogP contribution in [0.1, 0.15) is 36.0 Å². The first kappa shape index (κ1) is 13.7. The molecule has 1 saturated heterocycles. The summed E-state index contributed by atoms with van der Waals surface area (Å²) in [5, 5.41) is 10.8. The van der Waals surface area contributed by atoms with E-state index in [4.69, 9.17) is 11.6 Å². The maximum absolute atomic E-state index is 12.4. The van der Waals surface area contributed by atoms with E-state index in [1.165, 1.54) is 12.3 Å². The minimum atomic E-state index is -0.652. The van der Waals surface area contributed by atoms with Crippen LogP contribution in [0, 0.1) is 10.1 Å².